The number of phosphoric ester groups is 1. The quantitative estimate of drug-likeness (QED) is 0.433. The molecule has 6 heteroatoms. The summed E-state index contributed by atoms with van der Waals surface area (Å²) >= 11 is 0. The molecule has 0 saturated carbocycles. The van der Waals surface area contributed by atoms with E-state index >= 15 is 0 Å². The molecule has 0 aliphatic rings. The first kappa shape index (κ1) is 18.4. The van der Waals surface area contributed by atoms with Crippen LogP contribution >= 0.6 is 7.82 Å². The van der Waals surface area contributed by atoms with Gasteiger partial charge in [-0.05, 0) is 12.8 Å². The number of unbranched alkanes of at least 4 members (excludes halogenated alkanes) is 3. The van der Waals surface area contributed by atoms with Crippen molar-refractivity contribution in [2.75, 3.05) is 0 Å². The molecule has 0 amide bonds. The van der Waals surface area contributed by atoms with Crippen LogP contribution in [0.3, 0.4) is 0 Å². The largest absolute Gasteiger partial charge is 0.469 e. The second kappa shape index (κ2) is 10.2. The SMILES string of the molecule is CCCCCC(CCCC)OP(=O)(O)O.N. The third-order valence-electron chi connectivity index (χ3n) is 2.30. The summed E-state index contributed by atoms with van der Waals surface area (Å²) in [5.74, 6) is 0. The normalized spacial score (nSPS) is 13.2. The van der Waals surface area contributed by atoms with Gasteiger partial charge in [-0.3, -0.25) is 4.52 Å². The van der Waals surface area contributed by atoms with Crippen LogP contribution in [-0.4, -0.2) is 15.9 Å². The lowest BCUT2D eigenvalue weighted by Crippen LogP contribution is -2.11. The molecule has 0 aromatic rings. The summed E-state index contributed by atoms with van der Waals surface area (Å²) in [7, 11) is -4.31. The van der Waals surface area contributed by atoms with Crippen LogP contribution < -0.4 is 6.15 Å². The zero-order chi connectivity index (χ0) is 11.7. The Morgan fingerprint density at radius 2 is 1.56 bits per heavy atom. The van der Waals surface area contributed by atoms with Crippen LogP contribution in [0, 0.1) is 0 Å². The van der Waals surface area contributed by atoms with Gasteiger partial charge in [0.25, 0.3) is 0 Å². The molecular formula is C10H26NO4P. The highest BCUT2D eigenvalue weighted by atomic mass is 31.2. The highest BCUT2D eigenvalue weighted by Gasteiger charge is 2.21. The van der Waals surface area contributed by atoms with E-state index in [2.05, 4.69) is 13.8 Å². The maximum atomic E-state index is 10.7. The Kier molecular flexibility index (Phi) is 11.8. The number of rotatable bonds is 9. The van der Waals surface area contributed by atoms with Crippen molar-refractivity contribution in [1.82, 2.24) is 6.15 Å². The Morgan fingerprint density at radius 1 is 1.06 bits per heavy atom. The van der Waals surface area contributed by atoms with Gasteiger partial charge in [0, 0.05) is 0 Å². The predicted molar refractivity (Wildman–Crippen MR) is 65.6 cm³/mol. The van der Waals surface area contributed by atoms with Gasteiger partial charge in [0.1, 0.15) is 0 Å². The summed E-state index contributed by atoms with van der Waals surface area (Å²) in [5.41, 5.74) is 0. The van der Waals surface area contributed by atoms with E-state index in [-0.39, 0.29) is 12.3 Å². The van der Waals surface area contributed by atoms with Gasteiger partial charge in [0.05, 0.1) is 6.10 Å². The highest BCUT2D eigenvalue weighted by molar-refractivity contribution is 7.46. The molecule has 16 heavy (non-hydrogen) atoms. The summed E-state index contributed by atoms with van der Waals surface area (Å²) in [6.45, 7) is 4.16. The minimum Gasteiger partial charge on any atom is -0.344 e. The lowest BCUT2D eigenvalue weighted by atomic mass is 10.1. The zero-order valence-electron chi connectivity index (χ0n) is 10.4. The van der Waals surface area contributed by atoms with Crippen molar-refractivity contribution in [3.05, 3.63) is 0 Å². The van der Waals surface area contributed by atoms with E-state index in [0.29, 0.717) is 0 Å². The molecule has 0 radical (unpaired) electrons. The fraction of sp³-hybridized carbons (Fsp3) is 1.00. The van der Waals surface area contributed by atoms with Gasteiger partial charge in [-0.2, -0.15) is 0 Å². The van der Waals surface area contributed by atoms with Crippen LogP contribution in [-0.2, 0) is 9.09 Å². The van der Waals surface area contributed by atoms with Crippen LogP contribution in [0.15, 0.2) is 0 Å². The summed E-state index contributed by atoms with van der Waals surface area (Å²) < 4.78 is 15.5. The minimum atomic E-state index is -4.31. The molecule has 0 spiro atoms. The molecule has 0 saturated heterocycles. The fourth-order valence-corrected chi connectivity index (χ4v) is 2.10. The average molecular weight is 255 g/mol. The van der Waals surface area contributed by atoms with E-state index in [9.17, 15) is 4.57 Å². The van der Waals surface area contributed by atoms with Crippen molar-refractivity contribution in [3.8, 4) is 0 Å². The van der Waals surface area contributed by atoms with Crippen molar-refractivity contribution in [1.29, 1.82) is 0 Å². The van der Waals surface area contributed by atoms with Crippen molar-refractivity contribution < 1.29 is 18.9 Å². The third-order valence-corrected chi connectivity index (χ3v) is 2.87. The van der Waals surface area contributed by atoms with E-state index in [1.807, 2.05) is 0 Å². The summed E-state index contributed by atoms with van der Waals surface area (Å²) in [5, 5.41) is 0. The second-order valence-electron chi connectivity index (χ2n) is 3.86. The summed E-state index contributed by atoms with van der Waals surface area (Å²) in [6, 6.07) is 0. The van der Waals surface area contributed by atoms with Gasteiger partial charge in [-0.1, -0.05) is 46.0 Å². The van der Waals surface area contributed by atoms with Gasteiger partial charge in [0.15, 0.2) is 0 Å². The first-order valence-electron chi connectivity index (χ1n) is 5.73. The molecule has 100 valence electrons. The Balaban J connectivity index is 0. The molecule has 0 heterocycles. The molecule has 0 rings (SSSR count). The number of hydrogen-bond donors (Lipinski definition) is 3. The lowest BCUT2D eigenvalue weighted by molar-refractivity contribution is 0.116. The monoisotopic (exact) mass is 255 g/mol. The molecule has 5 N–H and O–H groups in total. The van der Waals surface area contributed by atoms with Gasteiger partial charge >= 0.3 is 7.82 Å². The summed E-state index contributed by atoms with van der Waals surface area (Å²) in [4.78, 5) is 17.5. The molecular weight excluding hydrogens is 229 g/mol. The Labute approximate surface area is 98.4 Å². The van der Waals surface area contributed by atoms with Crippen LogP contribution in [0.1, 0.15) is 58.8 Å². The molecule has 0 aliphatic carbocycles. The van der Waals surface area contributed by atoms with Crippen molar-refractivity contribution in [2.24, 2.45) is 0 Å². The van der Waals surface area contributed by atoms with Crippen molar-refractivity contribution in [2.45, 2.75) is 64.9 Å². The van der Waals surface area contributed by atoms with Gasteiger partial charge in [0.2, 0.25) is 0 Å². The van der Waals surface area contributed by atoms with Crippen LogP contribution in [0.25, 0.3) is 0 Å². The molecule has 0 fully saturated rings. The van der Waals surface area contributed by atoms with Gasteiger partial charge < -0.3 is 15.9 Å². The Bertz CT molecular complexity index is 195. The topological polar surface area (TPSA) is 102 Å². The minimum absolute atomic E-state index is 0. The molecule has 0 aliphatic heterocycles. The second-order valence-corrected chi connectivity index (χ2v) is 5.05. The molecule has 1 unspecified atom stereocenters. The first-order valence-corrected chi connectivity index (χ1v) is 7.26. The number of phosphoric acid groups is 1. The Hall–Kier alpha value is 0.0700. The first-order chi connectivity index (χ1) is 6.99. The van der Waals surface area contributed by atoms with E-state index in [1.54, 1.807) is 0 Å². The van der Waals surface area contributed by atoms with Gasteiger partial charge in [-0.15, -0.1) is 0 Å². The van der Waals surface area contributed by atoms with E-state index in [4.69, 9.17) is 14.3 Å². The van der Waals surface area contributed by atoms with Crippen LogP contribution in [0.5, 0.6) is 0 Å². The third kappa shape index (κ3) is 12.1. The Morgan fingerprint density at radius 3 is 2.00 bits per heavy atom. The van der Waals surface area contributed by atoms with E-state index in [0.717, 1.165) is 44.9 Å². The maximum Gasteiger partial charge on any atom is 0.469 e. The highest BCUT2D eigenvalue weighted by Crippen LogP contribution is 2.39. The molecule has 0 aromatic carbocycles. The zero-order valence-corrected chi connectivity index (χ0v) is 11.3. The molecule has 0 bridgehead atoms. The molecule has 1 atom stereocenters. The molecule has 5 nitrogen and oxygen atoms in total. The molecule has 0 aromatic heterocycles. The average Bonchev–Trinajstić information content (AvgIpc) is 2.12. The van der Waals surface area contributed by atoms with Crippen LogP contribution in [0.4, 0.5) is 0 Å². The van der Waals surface area contributed by atoms with Crippen molar-refractivity contribution in [3.63, 3.8) is 0 Å². The number of hydrogen-bond acceptors (Lipinski definition) is 3. The van der Waals surface area contributed by atoms with E-state index < -0.39 is 7.82 Å². The standard InChI is InChI=1S/C10H23O4P.H3N/c1-3-5-7-9-10(8-6-4-2)14-15(11,12)13;/h10H,3-9H2,1-2H3,(H2,11,12,13);1H3. The van der Waals surface area contributed by atoms with Crippen molar-refractivity contribution >= 4 is 7.82 Å². The fourth-order valence-electron chi connectivity index (χ4n) is 1.50. The van der Waals surface area contributed by atoms with Crippen LogP contribution in [0.2, 0.25) is 0 Å². The van der Waals surface area contributed by atoms with E-state index in [1.165, 1.54) is 0 Å². The predicted octanol–water partition coefficient (Wildman–Crippen LogP) is 3.40. The summed E-state index contributed by atoms with van der Waals surface area (Å²) in [6.07, 6.45) is 6.36. The maximum absolute atomic E-state index is 10.7. The smallest absolute Gasteiger partial charge is 0.344 e. The van der Waals surface area contributed by atoms with Gasteiger partial charge in [-0.25, -0.2) is 4.57 Å². The lowest BCUT2D eigenvalue weighted by Gasteiger charge is -2.17.